The molecule has 0 aromatic rings. The van der Waals surface area contributed by atoms with Gasteiger partial charge in [-0.2, -0.15) is 11.8 Å². The van der Waals surface area contributed by atoms with E-state index >= 15 is 0 Å². The van der Waals surface area contributed by atoms with Crippen molar-refractivity contribution in [2.75, 3.05) is 24.6 Å². The Morgan fingerprint density at radius 3 is 2.71 bits per heavy atom. The van der Waals surface area contributed by atoms with Crippen LogP contribution in [-0.2, 0) is 0 Å². The summed E-state index contributed by atoms with van der Waals surface area (Å²) < 4.78 is 0. The molecule has 0 radical (unpaired) electrons. The molecule has 1 fully saturated rings. The third kappa shape index (κ3) is 4.80. The molecule has 1 N–H and O–H groups in total. The molecule has 1 heterocycles. The Labute approximate surface area is 112 Å². The molecular weight excluding hydrogens is 228 g/mol. The van der Waals surface area contributed by atoms with Crippen LogP contribution in [0.4, 0.5) is 0 Å². The number of thioether (sulfide) groups is 1. The molecule has 1 aliphatic rings. The number of hydrogen-bond acceptors (Lipinski definition) is 3. The Kier molecular flexibility index (Phi) is 7.56. The maximum atomic E-state index is 3.71. The lowest BCUT2D eigenvalue weighted by Gasteiger charge is -2.43. The molecule has 3 unspecified atom stereocenters. The lowest BCUT2D eigenvalue weighted by atomic mass is 10.0. The molecule has 1 rings (SSSR count). The lowest BCUT2D eigenvalue weighted by Crippen LogP contribution is -2.59. The second-order valence-electron chi connectivity index (χ2n) is 5.16. The molecular formula is C14H30N2S. The first-order valence-electron chi connectivity index (χ1n) is 7.29. The lowest BCUT2D eigenvalue weighted by molar-refractivity contribution is 0.0932. The molecule has 17 heavy (non-hydrogen) atoms. The van der Waals surface area contributed by atoms with Crippen molar-refractivity contribution in [3.63, 3.8) is 0 Å². The fourth-order valence-corrected chi connectivity index (χ4v) is 3.50. The average molecular weight is 258 g/mol. The minimum atomic E-state index is 0.719. The summed E-state index contributed by atoms with van der Waals surface area (Å²) in [5.74, 6) is 2.53. The number of rotatable bonds is 7. The van der Waals surface area contributed by atoms with Gasteiger partial charge in [0.15, 0.2) is 0 Å². The first-order chi connectivity index (χ1) is 8.22. The van der Waals surface area contributed by atoms with E-state index in [-0.39, 0.29) is 0 Å². The highest BCUT2D eigenvalue weighted by Crippen LogP contribution is 2.18. The molecule has 1 saturated heterocycles. The predicted octanol–water partition coefficient (Wildman–Crippen LogP) is 2.98. The molecule has 0 aliphatic carbocycles. The Bertz CT molecular complexity index is 199. The van der Waals surface area contributed by atoms with Gasteiger partial charge in [-0.05, 0) is 25.5 Å². The predicted molar refractivity (Wildman–Crippen MR) is 79.9 cm³/mol. The van der Waals surface area contributed by atoms with Crippen LogP contribution in [0.3, 0.4) is 0 Å². The van der Waals surface area contributed by atoms with Crippen molar-refractivity contribution in [1.29, 1.82) is 0 Å². The van der Waals surface area contributed by atoms with Gasteiger partial charge in [0, 0.05) is 37.0 Å². The highest BCUT2D eigenvalue weighted by Gasteiger charge is 2.29. The molecule has 0 aromatic heterocycles. The van der Waals surface area contributed by atoms with Crippen molar-refractivity contribution < 1.29 is 0 Å². The SMILES string of the molecule is CCCC1CN(C(C)CSCC)C(CC)CN1. The van der Waals surface area contributed by atoms with E-state index in [1.54, 1.807) is 0 Å². The van der Waals surface area contributed by atoms with Crippen LogP contribution in [0.25, 0.3) is 0 Å². The summed E-state index contributed by atoms with van der Waals surface area (Å²) in [4.78, 5) is 2.75. The number of piperazine rings is 1. The first-order valence-corrected chi connectivity index (χ1v) is 8.45. The van der Waals surface area contributed by atoms with Crippen molar-refractivity contribution >= 4 is 11.8 Å². The zero-order chi connectivity index (χ0) is 12.7. The van der Waals surface area contributed by atoms with Gasteiger partial charge < -0.3 is 5.32 Å². The van der Waals surface area contributed by atoms with Gasteiger partial charge in [0.1, 0.15) is 0 Å². The van der Waals surface area contributed by atoms with E-state index in [0.717, 1.165) is 18.1 Å². The van der Waals surface area contributed by atoms with Crippen LogP contribution in [0.1, 0.15) is 47.0 Å². The third-order valence-electron chi connectivity index (χ3n) is 3.78. The normalized spacial score (nSPS) is 28.2. The molecule has 3 heteroatoms. The van der Waals surface area contributed by atoms with Crippen LogP contribution in [0.2, 0.25) is 0 Å². The Balaban J connectivity index is 2.49. The number of hydrogen-bond donors (Lipinski definition) is 1. The van der Waals surface area contributed by atoms with Crippen LogP contribution < -0.4 is 5.32 Å². The second kappa shape index (κ2) is 8.39. The van der Waals surface area contributed by atoms with Gasteiger partial charge in [-0.1, -0.05) is 27.2 Å². The maximum Gasteiger partial charge on any atom is 0.0221 e. The second-order valence-corrected chi connectivity index (χ2v) is 6.48. The number of nitrogens with one attached hydrogen (secondary N) is 1. The Morgan fingerprint density at radius 2 is 2.12 bits per heavy atom. The van der Waals surface area contributed by atoms with E-state index in [2.05, 4.69) is 49.7 Å². The number of nitrogens with zero attached hydrogens (tertiary/aromatic N) is 1. The van der Waals surface area contributed by atoms with E-state index < -0.39 is 0 Å². The summed E-state index contributed by atoms with van der Waals surface area (Å²) in [6.07, 6.45) is 3.88. The highest BCUT2D eigenvalue weighted by molar-refractivity contribution is 7.99. The fourth-order valence-electron chi connectivity index (χ4n) is 2.73. The zero-order valence-corrected chi connectivity index (χ0v) is 12.9. The summed E-state index contributed by atoms with van der Waals surface area (Å²) in [7, 11) is 0. The summed E-state index contributed by atoms with van der Waals surface area (Å²) in [5.41, 5.74) is 0. The van der Waals surface area contributed by atoms with Crippen LogP contribution in [0.5, 0.6) is 0 Å². The minimum absolute atomic E-state index is 0.719. The summed E-state index contributed by atoms with van der Waals surface area (Å²) in [6, 6.07) is 2.19. The third-order valence-corrected chi connectivity index (χ3v) is 4.91. The van der Waals surface area contributed by atoms with E-state index in [4.69, 9.17) is 0 Å². The summed E-state index contributed by atoms with van der Waals surface area (Å²) >= 11 is 2.07. The molecule has 1 aliphatic heterocycles. The van der Waals surface area contributed by atoms with Crippen molar-refractivity contribution in [1.82, 2.24) is 10.2 Å². The van der Waals surface area contributed by atoms with Crippen molar-refractivity contribution in [3.8, 4) is 0 Å². The van der Waals surface area contributed by atoms with Crippen LogP contribution in [-0.4, -0.2) is 47.6 Å². The fraction of sp³-hybridized carbons (Fsp3) is 1.00. The standard InChI is InChI=1S/C14H30N2S/c1-5-8-13-10-16(12(4)11-17-7-3)14(6-2)9-15-13/h12-15H,5-11H2,1-4H3. The van der Waals surface area contributed by atoms with Crippen LogP contribution >= 0.6 is 11.8 Å². The molecule has 2 nitrogen and oxygen atoms in total. The highest BCUT2D eigenvalue weighted by atomic mass is 32.2. The first kappa shape index (κ1) is 15.3. The van der Waals surface area contributed by atoms with Gasteiger partial charge in [0.25, 0.3) is 0 Å². The summed E-state index contributed by atoms with van der Waals surface area (Å²) in [6.45, 7) is 11.7. The van der Waals surface area contributed by atoms with E-state index in [9.17, 15) is 0 Å². The van der Waals surface area contributed by atoms with Gasteiger partial charge in [-0.15, -0.1) is 0 Å². The van der Waals surface area contributed by atoms with E-state index in [0.29, 0.717) is 0 Å². The Hall–Kier alpha value is 0.270. The monoisotopic (exact) mass is 258 g/mol. The van der Waals surface area contributed by atoms with E-state index in [1.807, 2.05) is 0 Å². The molecule has 3 atom stereocenters. The smallest absolute Gasteiger partial charge is 0.0221 e. The molecule has 0 aromatic carbocycles. The van der Waals surface area contributed by atoms with Crippen LogP contribution in [0, 0.1) is 0 Å². The summed E-state index contributed by atoms with van der Waals surface area (Å²) in [5, 5.41) is 3.71. The van der Waals surface area contributed by atoms with Gasteiger partial charge in [0.05, 0.1) is 0 Å². The van der Waals surface area contributed by atoms with Gasteiger partial charge in [-0.25, -0.2) is 0 Å². The molecule has 0 spiro atoms. The molecule has 0 saturated carbocycles. The van der Waals surface area contributed by atoms with E-state index in [1.165, 1.54) is 43.9 Å². The average Bonchev–Trinajstić information content (AvgIpc) is 2.36. The maximum absolute atomic E-state index is 3.71. The molecule has 0 amide bonds. The largest absolute Gasteiger partial charge is 0.311 e. The van der Waals surface area contributed by atoms with Gasteiger partial charge >= 0.3 is 0 Å². The van der Waals surface area contributed by atoms with Gasteiger partial charge in [-0.3, -0.25) is 4.90 Å². The molecule has 0 bridgehead atoms. The van der Waals surface area contributed by atoms with Crippen molar-refractivity contribution in [2.24, 2.45) is 0 Å². The topological polar surface area (TPSA) is 15.3 Å². The van der Waals surface area contributed by atoms with Gasteiger partial charge in [0.2, 0.25) is 0 Å². The van der Waals surface area contributed by atoms with Crippen molar-refractivity contribution in [3.05, 3.63) is 0 Å². The van der Waals surface area contributed by atoms with Crippen LogP contribution in [0.15, 0.2) is 0 Å². The minimum Gasteiger partial charge on any atom is -0.311 e. The molecule has 102 valence electrons. The zero-order valence-electron chi connectivity index (χ0n) is 12.0. The Morgan fingerprint density at radius 1 is 1.35 bits per heavy atom. The van der Waals surface area contributed by atoms with Crippen molar-refractivity contribution in [2.45, 2.75) is 65.1 Å². The quantitative estimate of drug-likeness (QED) is 0.756.